The van der Waals surface area contributed by atoms with Gasteiger partial charge in [0, 0.05) is 10.0 Å². The van der Waals surface area contributed by atoms with E-state index < -0.39 is 0 Å². The Hall–Kier alpha value is -2.74. The number of nitrogen functional groups attached to an aromatic ring is 1. The zero-order valence-electron chi connectivity index (χ0n) is 12.0. The average Bonchev–Trinajstić information content (AvgIpc) is 3.08. The molecular weight excluding hydrogens is 360 g/mol. The summed E-state index contributed by atoms with van der Waals surface area (Å²) in [6, 6.07) is 13.1. The van der Waals surface area contributed by atoms with Crippen LogP contribution in [0.15, 0.2) is 53.3 Å². The summed E-state index contributed by atoms with van der Waals surface area (Å²) in [6.07, 6.45) is 1.46. The van der Waals surface area contributed by atoms with Crippen molar-refractivity contribution in [2.45, 2.75) is 6.61 Å². The number of hydrogen-bond donors (Lipinski definition) is 2. The molecule has 0 amide bonds. The molecule has 0 unspecified atom stereocenters. The van der Waals surface area contributed by atoms with Crippen LogP contribution in [-0.2, 0) is 6.61 Å². The highest BCUT2D eigenvalue weighted by atomic mass is 79.9. The lowest BCUT2D eigenvalue weighted by Crippen LogP contribution is -2.12. The minimum absolute atomic E-state index is 0.0289. The van der Waals surface area contributed by atoms with Crippen LogP contribution < -0.4 is 10.5 Å². The van der Waals surface area contributed by atoms with Crippen LogP contribution in [0.25, 0.3) is 5.69 Å². The molecule has 116 valence electrons. The minimum Gasteiger partial charge on any atom is -0.487 e. The second-order valence-corrected chi connectivity index (χ2v) is 5.68. The molecule has 2 aromatic carbocycles. The van der Waals surface area contributed by atoms with Gasteiger partial charge in [-0.05, 0) is 46.3 Å². The van der Waals surface area contributed by atoms with Crippen LogP contribution >= 0.6 is 15.9 Å². The molecule has 0 aliphatic carbocycles. The number of nitrogens with two attached hydrogens (primary N) is 1. The number of hydrogen-bond acceptors (Lipinski definition) is 5. The van der Waals surface area contributed by atoms with E-state index in [1.54, 1.807) is 18.2 Å². The van der Waals surface area contributed by atoms with E-state index in [0.717, 1.165) is 10.0 Å². The Balaban J connectivity index is 1.88. The topological polar surface area (TPSA) is 103 Å². The summed E-state index contributed by atoms with van der Waals surface area (Å²) in [7, 11) is 0. The van der Waals surface area contributed by atoms with Crippen LogP contribution in [0.2, 0.25) is 0 Å². The molecule has 0 bridgehead atoms. The number of amidine groups is 1. The number of benzene rings is 2. The molecule has 1 heterocycles. The van der Waals surface area contributed by atoms with Crippen LogP contribution in [-0.4, -0.2) is 26.0 Å². The molecule has 3 aromatic rings. The first-order valence-electron chi connectivity index (χ1n) is 6.72. The molecule has 0 aliphatic rings. The Morgan fingerprint density at radius 3 is 2.65 bits per heavy atom. The zero-order valence-corrected chi connectivity index (χ0v) is 13.6. The molecule has 0 fully saturated rings. The van der Waals surface area contributed by atoms with Crippen molar-refractivity contribution in [3.8, 4) is 11.4 Å². The van der Waals surface area contributed by atoms with Crippen LogP contribution in [0.5, 0.6) is 5.75 Å². The first-order chi connectivity index (χ1) is 11.1. The number of nitrogens with zero attached hydrogens (tertiary/aromatic N) is 4. The van der Waals surface area contributed by atoms with Gasteiger partial charge in [-0.25, -0.2) is 0 Å². The lowest BCUT2D eigenvalue weighted by Gasteiger charge is -2.12. The van der Waals surface area contributed by atoms with Gasteiger partial charge in [0.25, 0.3) is 0 Å². The summed E-state index contributed by atoms with van der Waals surface area (Å²) in [6.45, 7) is 0.405. The molecule has 23 heavy (non-hydrogen) atoms. The Bertz CT molecular complexity index is 816. The number of ether oxygens (including phenoxy) is 1. The lowest BCUT2D eigenvalue weighted by molar-refractivity contribution is 0.304. The predicted octanol–water partition coefficient (Wildman–Crippen LogP) is 2.29. The van der Waals surface area contributed by atoms with Crippen molar-refractivity contribution < 1.29 is 4.74 Å². The molecule has 3 N–H and O–H groups in total. The zero-order chi connectivity index (χ0) is 16.2. The summed E-state index contributed by atoms with van der Waals surface area (Å²) in [5.41, 5.74) is 7.78. The minimum atomic E-state index is -0.0289. The summed E-state index contributed by atoms with van der Waals surface area (Å²) < 4.78 is 8.37. The quantitative estimate of drug-likeness (QED) is 0.528. The van der Waals surface area contributed by atoms with Gasteiger partial charge in [0.1, 0.15) is 30.2 Å². The lowest BCUT2D eigenvalue weighted by atomic mass is 10.1. The van der Waals surface area contributed by atoms with Crippen molar-refractivity contribution >= 4 is 21.8 Å². The monoisotopic (exact) mass is 372 g/mol. The maximum Gasteiger partial charge on any atom is 0.145 e. The van der Waals surface area contributed by atoms with Crippen molar-refractivity contribution in [1.82, 2.24) is 20.2 Å². The van der Waals surface area contributed by atoms with Crippen LogP contribution in [0.3, 0.4) is 0 Å². The molecule has 8 heteroatoms. The molecule has 0 saturated carbocycles. The van der Waals surface area contributed by atoms with Crippen LogP contribution in [0.4, 0.5) is 0 Å². The van der Waals surface area contributed by atoms with Crippen molar-refractivity contribution in [1.29, 1.82) is 5.41 Å². The van der Waals surface area contributed by atoms with E-state index in [0.29, 0.717) is 23.6 Å². The number of tetrazole rings is 1. The van der Waals surface area contributed by atoms with E-state index in [1.165, 1.54) is 11.0 Å². The van der Waals surface area contributed by atoms with Gasteiger partial charge in [0.05, 0.1) is 0 Å². The first kappa shape index (κ1) is 15.2. The summed E-state index contributed by atoms with van der Waals surface area (Å²) >= 11 is 3.40. The summed E-state index contributed by atoms with van der Waals surface area (Å²) in [4.78, 5) is 0. The third-order valence-electron chi connectivity index (χ3n) is 3.17. The van der Waals surface area contributed by atoms with E-state index in [2.05, 4.69) is 31.5 Å². The molecule has 3 rings (SSSR count). The van der Waals surface area contributed by atoms with Gasteiger partial charge < -0.3 is 10.5 Å². The largest absolute Gasteiger partial charge is 0.487 e. The first-order valence-corrected chi connectivity index (χ1v) is 7.52. The summed E-state index contributed by atoms with van der Waals surface area (Å²) in [5, 5.41) is 18.7. The fourth-order valence-electron chi connectivity index (χ4n) is 2.00. The van der Waals surface area contributed by atoms with Gasteiger partial charge in [-0.3, -0.25) is 5.41 Å². The fourth-order valence-corrected chi connectivity index (χ4v) is 2.26. The Kier molecular flexibility index (Phi) is 4.33. The Morgan fingerprint density at radius 2 is 2.00 bits per heavy atom. The van der Waals surface area contributed by atoms with Gasteiger partial charge in [-0.1, -0.05) is 28.1 Å². The van der Waals surface area contributed by atoms with E-state index in [-0.39, 0.29) is 5.84 Å². The highest BCUT2D eigenvalue weighted by Gasteiger charge is 2.10. The maximum absolute atomic E-state index is 7.56. The third kappa shape index (κ3) is 3.54. The molecule has 1 aromatic heterocycles. The second-order valence-electron chi connectivity index (χ2n) is 4.77. The Morgan fingerprint density at radius 1 is 1.22 bits per heavy atom. The maximum atomic E-state index is 7.56. The normalized spacial score (nSPS) is 10.5. The molecule has 7 nitrogen and oxygen atoms in total. The molecule has 0 radical (unpaired) electrons. The highest BCUT2D eigenvalue weighted by Crippen LogP contribution is 2.24. The van der Waals surface area contributed by atoms with Crippen LogP contribution in [0, 0.1) is 5.41 Å². The van der Waals surface area contributed by atoms with E-state index in [9.17, 15) is 0 Å². The SMILES string of the molecule is N=C(N)c1ccc(OCc2ccc(Br)cc2)c(-n2cnnn2)c1. The van der Waals surface area contributed by atoms with Crippen molar-refractivity contribution in [2.75, 3.05) is 0 Å². The van der Waals surface area contributed by atoms with Gasteiger partial charge >= 0.3 is 0 Å². The fraction of sp³-hybridized carbons (Fsp3) is 0.0667. The van der Waals surface area contributed by atoms with E-state index in [4.69, 9.17) is 15.9 Å². The van der Waals surface area contributed by atoms with Gasteiger partial charge in [0.2, 0.25) is 0 Å². The standard InChI is InChI=1S/C15H13BrN6O/c16-12-4-1-10(2-5-12)8-23-14-6-3-11(15(17)18)7-13(14)22-9-19-20-21-22/h1-7,9H,8H2,(H3,17,18). The van der Waals surface area contributed by atoms with Crippen molar-refractivity contribution in [3.63, 3.8) is 0 Å². The van der Waals surface area contributed by atoms with Gasteiger partial charge in [-0.2, -0.15) is 4.68 Å². The highest BCUT2D eigenvalue weighted by molar-refractivity contribution is 9.10. The van der Waals surface area contributed by atoms with Gasteiger partial charge in [0.15, 0.2) is 0 Å². The Labute approximate surface area is 140 Å². The van der Waals surface area contributed by atoms with E-state index in [1.807, 2.05) is 24.3 Å². The number of halogens is 1. The molecule has 0 aliphatic heterocycles. The smallest absolute Gasteiger partial charge is 0.145 e. The molecule has 0 atom stereocenters. The number of aromatic nitrogens is 4. The number of rotatable bonds is 5. The molecular formula is C15H13BrN6O. The summed E-state index contributed by atoms with van der Waals surface area (Å²) in [5.74, 6) is 0.573. The van der Waals surface area contributed by atoms with Gasteiger partial charge in [-0.15, -0.1) is 5.10 Å². The second kappa shape index (κ2) is 6.57. The van der Waals surface area contributed by atoms with E-state index >= 15 is 0 Å². The molecule has 0 saturated heterocycles. The molecule has 0 spiro atoms. The van der Waals surface area contributed by atoms with Crippen LogP contribution in [0.1, 0.15) is 11.1 Å². The van der Waals surface area contributed by atoms with Crippen molar-refractivity contribution in [2.24, 2.45) is 5.73 Å². The number of nitrogens with one attached hydrogen (secondary N) is 1. The predicted molar refractivity (Wildman–Crippen MR) is 88.6 cm³/mol. The third-order valence-corrected chi connectivity index (χ3v) is 3.70. The van der Waals surface area contributed by atoms with Crippen molar-refractivity contribution in [3.05, 3.63) is 64.4 Å². The average molecular weight is 373 g/mol.